The first kappa shape index (κ1) is 21.2. The fourth-order valence-electron chi connectivity index (χ4n) is 2.73. The summed E-state index contributed by atoms with van der Waals surface area (Å²) in [7, 11) is 0. The molecule has 0 aliphatic carbocycles. The van der Waals surface area contributed by atoms with E-state index in [0.717, 1.165) is 0 Å². The molecule has 0 saturated heterocycles. The highest BCUT2D eigenvalue weighted by molar-refractivity contribution is 6.44. The van der Waals surface area contributed by atoms with Gasteiger partial charge < -0.3 is 14.8 Å². The number of carbonyl (C=O) groups is 2. The normalized spacial score (nSPS) is 11.1. The van der Waals surface area contributed by atoms with E-state index in [1.54, 1.807) is 49.4 Å². The van der Waals surface area contributed by atoms with Crippen molar-refractivity contribution in [3.05, 3.63) is 81.0 Å². The highest BCUT2D eigenvalue weighted by atomic mass is 35.5. The maximum Gasteiger partial charge on any atom is 0.335 e. The van der Waals surface area contributed by atoms with E-state index in [2.05, 4.69) is 5.32 Å². The quantitative estimate of drug-likeness (QED) is 0.385. The minimum atomic E-state index is -1.02. The Morgan fingerprint density at radius 2 is 1.93 bits per heavy atom. The molecule has 2 aromatic carbocycles. The Morgan fingerprint density at radius 3 is 2.60 bits per heavy atom. The summed E-state index contributed by atoms with van der Waals surface area (Å²) in [6.45, 7) is 1.77. The van der Waals surface area contributed by atoms with Gasteiger partial charge in [-0.2, -0.15) is 5.26 Å². The zero-order valence-electron chi connectivity index (χ0n) is 15.6. The standard InChI is InChI=1S/C22H14Cl2N2O4/c1-12-9-13(22(28)29)5-7-16(12)19-8-6-15(30-19)10-14(11-25)21(27)26-18-4-2-3-17(23)20(18)24/h2-10H,1H3,(H,26,27)(H,28,29)/b14-10-. The number of benzene rings is 2. The molecule has 0 fully saturated rings. The minimum absolute atomic E-state index is 0.172. The number of aromatic carboxylic acids is 1. The number of nitriles is 1. The van der Waals surface area contributed by atoms with Crippen molar-refractivity contribution in [2.24, 2.45) is 0 Å². The number of hydrogen-bond donors (Lipinski definition) is 2. The van der Waals surface area contributed by atoms with Crippen LogP contribution in [0.3, 0.4) is 0 Å². The Bertz CT molecular complexity index is 1220. The molecule has 0 unspecified atom stereocenters. The van der Waals surface area contributed by atoms with E-state index in [1.165, 1.54) is 12.1 Å². The molecule has 1 aromatic heterocycles. The fourth-order valence-corrected chi connectivity index (χ4v) is 3.08. The number of carboxylic acids is 1. The molecule has 0 bridgehead atoms. The molecule has 8 heteroatoms. The van der Waals surface area contributed by atoms with Crippen LogP contribution in [0.15, 0.2) is 58.5 Å². The van der Waals surface area contributed by atoms with Gasteiger partial charge in [0, 0.05) is 11.6 Å². The number of anilines is 1. The van der Waals surface area contributed by atoms with Gasteiger partial charge in [0.05, 0.1) is 21.3 Å². The molecular weight excluding hydrogens is 427 g/mol. The van der Waals surface area contributed by atoms with E-state index >= 15 is 0 Å². The maximum atomic E-state index is 12.4. The first-order valence-electron chi connectivity index (χ1n) is 8.61. The molecule has 2 N–H and O–H groups in total. The summed E-state index contributed by atoms with van der Waals surface area (Å²) < 4.78 is 5.72. The molecule has 0 radical (unpaired) electrons. The second-order valence-electron chi connectivity index (χ2n) is 6.26. The molecule has 0 aliphatic rings. The lowest BCUT2D eigenvalue weighted by molar-refractivity contribution is -0.112. The van der Waals surface area contributed by atoms with Crippen molar-refractivity contribution in [3.63, 3.8) is 0 Å². The molecule has 30 heavy (non-hydrogen) atoms. The Labute approximate surface area is 182 Å². The van der Waals surface area contributed by atoms with E-state index in [9.17, 15) is 14.9 Å². The summed E-state index contributed by atoms with van der Waals surface area (Å²) in [6.07, 6.45) is 1.30. The van der Waals surface area contributed by atoms with Gasteiger partial charge in [0.2, 0.25) is 0 Å². The molecule has 0 saturated carbocycles. The lowest BCUT2D eigenvalue weighted by Crippen LogP contribution is -2.13. The number of amides is 1. The predicted octanol–water partition coefficient (Wildman–Crippen LogP) is 5.81. The molecule has 0 atom stereocenters. The van der Waals surface area contributed by atoms with E-state index < -0.39 is 11.9 Å². The Balaban J connectivity index is 1.85. The van der Waals surface area contributed by atoms with Gasteiger partial charge in [0.25, 0.3) is 5.91 Å². The van der Waals surface area contributed by atoms with Crippen molar-refractivity contribution in [2.45, 2.75) is 6.92 Å². The minimum Gasteiger partial charge on any atom is -0.478 e. The van der Waals surface area contributed by atoms with Gasteiger partial charge in [-0.05, 0) is 48.9 Å². The van der Waals surface area contributed by atoms with Crippen molar-refractivity contribution in [1.82, 2.24) is 0 Å². The molecule has 3 aromatic rings. The third-order valence-corrected chi connectivity index (χ3v) is 5.04. The Hall–Kier alpha value is -3.53. The average molecular weight is 441 g/mol. The molecule has 1 heterocycles. The van der Waals surface area contributed by atoms with Crippen LogP contribution >= 0.6 is 23.2 Å². The van der Waals surface area contributed by atoms with Crippen LogP contribution in [0.5, 0.6) is 0 Å². The molecule has 150 valence electrons. The van der Waals surface area contributed by atoms with Gasteiger partial charge in [-0.15, -0.1) is 0 Å². The van der Waals surface area contributed by atoms with Crippen LogP contribution in [0.4, 0.5) is 5.69 Å². The molecule has 0 spiro atoms. The van der Waals surface area contributed by atoms with E-state index in [-0.39, 0.29) is 32.6 Å². The van der Waals surface area contributed by atoms with Gasteiger partial charge in [-0.1, -0.05) is 35.3 Å². The SMILES string of the molecule is Cc1cc(C(=O)O)ccc1-c1ccc(/C=C(/C#N)C(=O)Nc2cccc(Cl)c2Cl)o1. The molecular formula is C22H14Cl2N2O4. The molecule has 1 amide bonds. The van der Waals surface area contributed by atoms with E-state index in [4.69, 9.17) is 32.7 Å². The van der Waals surface area contributed by atoms with Gasteiger partial charge in [0.15, 0.2) is 0 Å². The van der Waals surface area contributed by atoms with Gasteiger partial charge >= 0.3 is 5.97 Å². The third kappa shape index (κ3) is 4.54. The zero-order valence-corrected chi connectivity index (χ0v) is 17.1. The number of furan rings is 1. The first-order valence-corrected chi connectivity index (χ1v) is 9.37. The molecule has 6 nitrogen and oxygen atoms in total. The van der Waals surface area contributed by atoms with Crippen LogP contribution < -0.4 is 5.32 Å². The van der Waals surface area contributed by atoms with Crippen molar-refractivity contribution < 1.29 is 19.1 Å². The van der Waals surface area contributed by atoms with Crippen LogP contribution in [-0.4, -0.2) is 17.0 Å². The summed E-state index contributed by atoms with van der Waals surface area (Å²) in [6, 6.07) is 14.5. The van der Waals surface area contributed by atoms with Gasteiger partial charge in [-0.25, -0.2) is 4.79 Å². The summed E-state index contributed by atoms with van der Waals surface area (Å²) in [5.41, 5.74) is 1.68. The lowest BCUT2D eigenvalue weighted by atomic mass is 10.0. The number of carboxylic acid groups (broad SMARTS) is 1. The summed E-state index contributed by atoms with van der Waals surface area (Å²) in [4.78, 5) is 23.5. The highest BCUT2D eigenvalue weighted by Gasteiger charge is 2.15. The zero-order chi connectivity index (χ0) is 21.8. The molecule has 3 rings (SSSR count). The van der Waals surface area contributed by atoms with E-state index in [1.807, 2.05) is 6.07 Å². The van der Waals surface area contributed by atoms with Gasteiger partial charge in [0.1, 0.15) is 23.2 Å². The predicted molar refractivity (Wildman–Crippen MR) is 115 cm³/mol. The van der Waals surface area contributed by atoms with Crippen LogP contribution in [0.25, 0.3) is 17.4 Å². The lowest BCUT2D eigenvalue weighted by Gasteiger charge is -2.07. The number of carbonyl (C=O) groups excluding carboxylic acids is 1. The van der Waals surface area contributed by atoms with Gasteiger partial charge in [-0.3, -0.25) is 4.79 Å². The number of rotatable bonds is 5. The largest absolute Gasteiger partial charge is 0.478 e. The first-order chi connectivity index (χ1) is 14.3. The number of hydrogen-bond acceptors (Lipinski definition) is 4. The fraction of sp³-hybridized carbons (Fsp3) is 0.0455. The number of nitrogens with zero attached hydrogens (tertiary/aromatic N) is 1. The monoisotopic (exact) mass is 440 g/mol. The number of nitrogens with one attached hydrogen (secondary N) is 1. The number of aryl methyl sites for hydroxylation is 1. The van der Waals surface area contributed by atoms with Crippen molar-refractivity contribution >= 4 is 46.8 Å². The topological polar surface area (TPSA) is 103 Å². The summed E-state index contributed by atoms with van der Waals surface area (Å²) >= 11 is 12.0. The van der Waals surface area contributed by atoms with Crippen molar-refractivity contribution in [2.75, 3.05) is 5.32 Å². The van der Waals surface area contributed by atoms with Crippen LogP contribution in [0.1, 0.15) is 21.7 Å². The molecule has 0 aliphatic heterocycles. The van der Waals surface area contributed by atoms with Crippen LogP contribution in [-0.2, 0) is 4.79 Å². The number of halogens is 2. The van der Waals surface area contributed by atoms with E-state index in [0.29, 0.717) is 16.9 Å². The summed E-state index contributed by atoms with van der Waals surface area (Å²) in [5, 5.41) is 21.4. The average Bonchev–Trinajstić information content (AvgIpc) is 3.17. The van der Waals surface area contributed by atoms with Crippen LogP contribution in [0, 0.1) is 18.3 Å². The highest BCUT2D eigenvalue weighted by Crippen LogP contribution is 2.30. The third-order valence-electron chi connectivity index (χ3n) is 4.22. The maximum absolute atomic E-state index is 12.4. The van der Waals surface area contributed by atoms with Crippen molar-refractivity contribution in [1.29, 1.82) is 5.26 Å². The van der Waals surface area contributed by atoms with Crippen LogP contribution in [0.2, 0.25) is 10.0 Å². The smallest absolute Gasteiger partial charge is 0.335 e. The Kier molecular flexibility index (Phi) is 6.26. The Morgan fingerprint density at radius 1 is 1.17 bits per heavy atom. The second-order valence-corrected chi connectivity index (χ2v) is 7.05. The summed E-state index contributed by atoms with van der Waals surface area (Å²) in [5.74, 6) is -0.916. The second kappa shape index (κ2) is 8.87. The van der Waals surface area contributed by atoms with Crippen molar-refractivity contribution in [3.8, 4) is 17.4 Å².